The number of benzene rings is 1. The average Bonchev–Trinajstić information content (AvgIpc) is 2.86. The van der Waals surface area contributed by atoms with E-state index in [1.165, 1.54) is 18.9 Å². The van der Waals surface area contributed by atoms with Gasteiger partial charge in [-0.1, -0.05) is 23.9 Å². The van der Waals surface area contributed by atoms with Crippen LogP contribution in [0.5, 0.6) is 5.75 Å². The summed E-state index contributed by atoms with van der Waals surface area (Å²) >= 11 is 2.59. The number of methoxy groups -OCH3 is 1. The molecule has 1 amide bonds. The van der Waals surface area contributed by atoms with Gasteiger partial charge in [0.15, 0.2) is 0 Å². The van der Waals surface area contributed by atoms with Crippen LogP contribution in [0.2, 0.25) is 0 Å². The smallest absolute Gasteiger partial charge is 0.261 e. The highest BCUT2D eigenvalue weighted by molar-refractivity contribution is 7.98. The first-order valence-corrected chi connectivity index (χ1v) is 7.06. The fourth-order valence-corrected chi connectivity index (χ4v) is 2.46. The van der Waals surface area contributed by atoms with Crippen molar-refractivity contribution in [3.8, 4) is 5.75 Å². The zero-order valence-electron chi connectivity index (χ0n) is 9.84. The van der Waals surface area contributed by atoms with E-state index in [0.29, 0.717) is 21.6 Å². The number of hydrogen-bond donors (Lipinski definition) is 1. The van der Waals surface area contributed by atoms with Crippen LogP contribution in [0.4, 0.5) is 5.13 Å². The van der Waals surface area contributed by atoms with Crippen molar-refractivity contribution < 1.29 is 9.53 Å². The Kier molecular flexibility index (Phi) is 4.16. The van der Waals surface area contributed by atoms with Gasteiger partial charge in [0.2, 0.25) is 10.3 Å². The Morgan fingerprint density at radius 3 is 2.89 bits per heavy atom. The van der Waals surface area contributed by atoms with E-state index in [9.17, 15) is 4.79 Å². The van der Waals surface area contributed by atoms with Gasteiger partial charge in [0.25, 0.3) is 5.91 Å². The lowest BCUT2D eigenvalue weighted by atomic mass is 10.2. The van der Waals surface area contributed by atoms with E-state index in [4.69, 9.17) is 4.74 Å². The van der Waals surface area contributed by atoms with Gasteiger partial charge in [0, 0.05) is 11.5 Å². The van der Waals surface area contributed by atoms with Crippen LogP contribution in [-0.4, -0.2) is 28.6 Å². The number of carbonyl (C=O) groups is 1. The first-order valence-electron chi connectivity index (χ1n) is 5.06. The van der Waals surface area contributed by atoms with Gasteiger partial charge in [-0.05, 0) is 18.4 Å². The molecular formula is C11H11N3O2S2. The summed E-state index contributed by atoms with van der Waals surface area (Å²) in [5, 5.41) is 3.83. The zero-order chi connectivity index (χ0) is 13.0. The molecule has 1 aromatic carbocycles. The predicted molar refractivity (Wildman–Crippen MR) is 72.6 cm³/mol. The standard InChI is InChI=1S/C11H11N3O2S2/c1-16-8-6-4-3-5-7(8)9(15)12-10-13-11(17-2)14-18-10/h3-6H,1-2H3,(H,12,13,14,15). The third kappa shape index (κ3) is 2.80. The lowest BCUT2D eigenvalue weighted by molar-refractivity contribution is 0.102. The molecule has 1 N–H and O–H groups in total. The molecule has 18 heavy (non-hydrogen) atoms. The number of para-hydroxylation sites is 1. The van der Waals surface area contributed by atoms with Crippen molar-refractivity contribution in [3.05, 3.63) is 29.8 Å². The number of ether oxygens (including phenoxy) is 1. The largest absolute Gasteiger partial charge is 0.496 e. The molecule has 0 atom stereocenters. The Bertz CT molecular complexity index is 557. The first-order chi connectivity index (χ1) is 8.74. The predicted octanol–water partition coefficient (Wildman–Crippen LogP) is 2.52. The highest BCUT2D eigenvalue weighted by Gasteiger charge is 2.13. The summed E-state index contributed by atoms with van der Waals surface area (Å²) in [7, 11) is 1.53. The van der Waals surface area contributed by atoms with E-state index >= 15 is 0 Å². The van der Waals surface area contributed by atoms with Gasteiger partial charge in [-0.2, -0.15) is 9.36 Å². The van der Waals surface area contributed by atoms with Gasteiger partial charge in [-0.15, -0.1) is 0 Å². The number of hydrogen-bond acceptors (Lipinski definition) is 6. The lowest BCUT2D eigenvalue weighted by Crippen LogP contribution is -2.12. The van der Waals surface area contributed by atoms with Crippen molar-refractivity contribution in [1.29, 1.82) is 0 Å². The summed E-state index contributed by atoms with van der Waals surface area (Å²) in [5.74, 6) is 0.279. The van der Waals surface area contributed by atoms with Crippen LogP contribution in [-0.2, 0) is 0 Å². The summed E-state index contributed by atoms with van der Waals surface area (Å²) in [6.07, 6.45) is 1.88. The van der Waals surface area contributed by atoms with E-state index in [0.717, 1.165) is 11.5 Å². The van der Waals surface area contributed by atoms with E-state index in [2.05, 4.69) is 14.7 Å². The maximum Gasteiger partial charge on any atom is 0.261 e. The number of nitrogens with zero attached hydrogens (tertiary/aromatic N) is 2. The SMILES string of the molecule is COc1ccccc1C(=O)Nc1nc(SC)ns1. The van der Waals surface area contributed by atoms with Crippen LogP contribution in [0, 0.1) is 0 Å². The maximum absolute atomic E-state index is 12.0. The second kappa shape index (κ2) is 5.83. The molecule has 0 fully saturated rings. The van der Waals surface area contributed by atoms with Crippen molar-refractivity contribution in [2.45, 2.75) is 5.16 Å². The maximum atomic E-state index is 12.0. The third-order valence-electron chi connectivity index (χ3n) is 2.16. The third-order valence-corrected chi connectivity index (χ3v) is 3.46. The number of anilines is 1. The summed E-state index contributed by atoms with van der Waals surface area (Å²) in [5.41, 5.74) is 0.473. The minimum Gasteiger partial charge on any atom is -0.496 e. The van der Waals surface area contributed by atoms with Crippen LogP contribution in [0.1, 0.15) is 10.4 Å². The highest BCUT2D eigenvalue weighted by Crippen LogP contribution is 2.21. The second-order valence-electron chi connectivity index (χ2n) is 3.24. The highest BCUT2D eigenvalue weighted by atomic mass is 32.2. The molecule has 0 aliphatic rings. The molecule has 0 aliphatic heterocycles. The van der Waals surface area contributed by atoms with Gasteiger partial charge >= 0.3 is 0 Å². The van der Waals surface area contributed by atoms with Gasteiger partial charge in [-0.25, -0.2) is 0 Å². The van der Waals surface area contributed by atoms with Crippen LogP contribution in [0.25, 0.3) is 0 Å². The number of amides is 1. The minimum absolute atomic E-state index is 0.253. The van der Waals surface area contributed by atoms with Gasteiger partial charge in [0.05, 0.1) is 12.7 Å². The van der Waals surface area contributed by atoms with Gasteiger partial charge in [-0.3, -0.25) is 10.1 Å². The number of aromatic nitrogens is 2. The Balaban J connectivity index is 2.16. The zero-order valence-corrected chi connectivity index (χ0v) is 11.5. The Morgan fingerprint density at radius 2 is 2.22 bits per heavy atom. The fraction of sp³-hybridized carbons (Fsp3) is 0.182. The molecule has 2 rings (SSSR count). The molecule has 2 aromatic rings. The molecule has 5 nitrogen and oxygen atoms in total. The minimum atomic E-state index is -0.253. The Morgan fingerprint density at radius 1 is 1.44 bits per heavy atom. The van der Waals surface area contributed by atoms with Crippen molar-refractivity contribution in [3.63, 3.8) is 0 Å². The molecule has 7 heteroatoms. The van der Waals surface area contributed by atoms with Crippen LogP contribution in [0.3, 0.4) is 0 Å². The van der Waals surface area contributed by atoms with E-state index in [-0.39, 0.29) is 5.91 Å². The number of nitrogens with one attached hydrogen (secondary N) is 1. The van der Waals surface area contributed by atoms with E-state index < -0.39 is 0 Å². The van der Waals surface area contributed by atoms with Crippen LogP contribution in [0.15, 0.2) is 29.4 Å². The summed E-state index contributed by atoms with van der Waals surface area (Å²) in [4.78, 5) is 16.2. The molecule has 0 saturated heterocycles. The van der Waals surface area contributed by atoms with Crippen molar-refractivity contribution in [2.75, 3.05) is 18.7 Å². The van der Waals surface area contributed by atoms with Crippen molar-refractivity contribution in [2.24, 2.45) is 0 Å². The van der Waals surface area contributed by atoms with E-state index in [1.54, 1.807) is 18.2 Å². The summed E-state index contributed by atoms with van der Waals surface area (Å²) in [6, 6.07) is 7.03. The molecule has 0 aliphatic carbocycles. The first kappa shape index (κ1) is 12.8. The average molecular weight is 281 g/mol. The molecule has 0 saturated carbocycles. The molecule has 94 valence electrons. The van der Waals surface area contributed by atoms with Crippen molar-refractivity contribution >= 4 is 34.3 Å². The molecule has 0 radical (unpaired) electrons. The Labute approximate surface area is 113 Å². The van der Waals surface area contributed by atoms with Crippen molar-refractivity contribution in [1.82, 2.24) is 9.36 Å². The van der Waals surface area contributed by atoms with Gasteiger partial charge in [0.1, 0.15) is 5.75 Å². The molecule has 0 unspecified atom stereocenters. The number of thioether (sulfide) groups is 1. The number of rotatable bonds is 4. The molecule has 1 heterocycles. The lowest BCUT2D eigenvalue weighted by Gasteiger charge is -2.06. The summed E-state index contributed by atoms with van der Waals surface area (Å²) < 4.78 is 9.20. The van der Waals surface area contributed by atoms with E-state index in [1.807, 2.05) is 12.3 Å². The molecule has 0 bridgehead atoms. The monoisotopic (exact) mass is 281 g/mol. The quantitative estimate of drug-likeness (QED) is 0.872. The van der Waals surface area contributed by atoms with Crippen LogP contribution < -0.4 is 10.1 Å². The molecular weight excluding hydrogens is 270 g/mol. The number of carbonyl (C=O) groups excluding carboxylic acids is 1. The Hall–Kier alpha value is -1.60. The fourth-order valence-electron chi connectivity index (χ4n) is 1.34. The second-order valence-corrected chi connectivity index (χ2v) is 4.77. The normalized spacial score (nSPS) is 10.1. The molecule has 0 spiro atoms. The summed E-state index contributed by atoms with van der Waals surface area (Å²) in [6.45, 7) is 0. The molecule has 1 aromatic heterocycles. The van der Waals surface area contributed by atoms with Crippen LogP contribution >= 0.6 is 23.3 Å². The van der Waals surface area contributed by atoms with Gasteiger partial charge < -0.3 is 4.74 Å². The topological polar surface area (TPSA) is 64.1 Å².